The highest BCUT2D eigenvalue weighted by molar-refractivity contribution is 5.87. The molecule has 6 heteroatoms. The summed E-state index contributed by atoms with van der Waals surface area (Å²) in [5.74, 6) is -0.998. The number of ether oxygens (including phenoxy) is 1. The molecule has 1 aromatic rings. The number of carbonyl (C=O) groups is 2. The summed E-state index contributed by atoms with van der Waals surface area (Å²) in [7, 11) is 0. The number of nitrogens with zero attached hydrogens (tertiary/aromatic N) is 2. The minimum Gasteiger partial charge on any atom is -0.477 e. The lowest BCUT2D eigenvalue weighted by atomic mass is 10.0. The highest BCUT2D eigenvalue weighted by Gasteiger charge is 2.26. The first kappa shape index (κ1) is 18.4. The molecule has 24 heavy (non-hydrogen) atoms. The number of pyridine rings is 1. The van der Waals surface area contributed by atoms with Gasteiger partial charge >= 0.3 is 5.97 Å². The third-order valence-corrected chi connectivity index (χ3v) is 4.02. The van der Waals surface area contributed by atoms with Gasteiger partial charge in [-0.3, -0.25) is 4.79 Å². The number of hydrogen-bond acceptors (Lipinski definition) is 4. The summed E-state index contributed by atoms with van der Waals surface area (Å²) in [6, 6.07) is 3.41. The molecule has 0 aliphatic carbocycles. The molecule has 6 nitrogen and oxygen atoms in total. The maximum Gasteiger partial charge on any atom is 0.354 e. The molecule has 0 spiro atoms. The summed E-state index contributed by atoms with van der Waals surface area (Å²) < 4.78 is 5.97. The predicted octanol–water partition coefficient (Wildman–Crippen LogP) is 2.52. The van der Waals surface area contributed by atoms with Gasteiger partial charge < -0.3 is 14.7 Å². The molecule has 1 aliphatic rings. The van der Waals surface area contributed by atoms with E-state index in [1.54, 1.807) is 12.1 Å². The number of aromatic carboxylic acids is 1. The molecule has 1 N–H and O–H groups in total. The van der Waals surface area contributed by atoms with Crippen LogP contribution < -0.4 is 0 Å². The zero-order valence-electron chi connectivity index (χ0n) is 14.6. The summed E-state index contributed by atoms with van der Waals surface area (Å²) >= 11 is 0. The van der Waals surface area contributed by atoms with E-state index >= 15 is 0 Å². The molecule has 0 radical (unpaired) electrons. The SMILES string of the molecule is CC(C)(C)OC1CCN(C(=O)CCc2cccnc2C(=O)O)CC1. The Morgan fingerprint density at radius 3 is 2.58 bits per heavy atom. The first-order valence-corrected chi connectivity index (χ1v) is 8.39. The quantitative estimate of drug-likeness (QED) is 0.895. The monoisotopic (exact) mass is 334 g/mol. The van der Waals surface area contributed by atoms with Gasteiger partial charge in [0.15, 0.2) is 5.69 Å². The van der Waals surface area contributed by atoms with Crippen LogP contribution in [0.2, 0.25) is 0 Å². The second kappa shape index (κ2) is 7.75. The Morgan fingerprint density at radius 1 is 1.33 bits per heavy atom. The van der Waals surface area contributed by atoms with Gasteiger partial charge in [0.05, 0.1) is 11.7 Å². The molecular weight excluding hydrogens is 308 g/mol. The molecule has 1 aromatic heterocycles. The average Bonchev–Trinajstić information content (AvgIpc) is 2.52. The van der Waals surface area contributed by atoms with E-state index in [1.807, 2.05) is 25.7 Å². The standard InChI is InChI=1S/C18H26N2O4/c1-18(2,3)24-14-8-11-20(12-9-14)15(21)7-6-13-5-4-10-19-16(13)17(22)23/h4-5,10,14H,6-9,11-12H2,1-3H3,(H,22,23). The van der Waals surface area contributed by atoms with Gasteiger partial charge in [-0.15, -0.1) is 0 Å². The fraction of sp³-hybridized carbons (Fsp3) is 0.611. The van der Waals surface area contributed by atoms with E-state index in [0.717, 1.165) is 12.8 Å². The van der Waals surface area contributed by atoms with Crippen LogP contribution in [0.15, 0.2) is 18.3 Å². The second-order valence-corrected chi connectivity index (χ2v) is 7.13. The number of carboxylic acids is 1. The van der Waals surface area contributed by atoms with Crippen molar-refractivity contribution in [1.29, 1.82) is 0 Å². The van der Waals surface area contributed by atoms with Crippen LogP contribution in [-0.2, 0) is 16.0 Å². The fourth-order valence-corrected chi connectivity index (χ4v) is 2.96. The number of rotatable bonds is 5. The number of aryl methyl sites for hydroxylation is 1. The van der Waals surface area contributed by atoms with Crippen LogP contribution in [0.3, 0.4) is 0 Å². The highest BCUT2D eigenvalue weighted by atomic mass is 16.5. The van der Waals surface area contributed by atoms with Crippen molar-refractivity contribution in [3.63, 3.8) is 0 Å². The smallest absolute Gasteiger partial charge is 0.354 e. The number of hydrogen-bond donors (Lipinski definition) is 1. The Kier molecular flexibility index (Phi) is 5.94. The number of amides is 1. The Bertz CT molecular complexity index is 587. The molecule has 0 atom stereocenters. The number of aromatic nitrogens is 1. The fourth-order valence-electron chi connectivity index (χ4n) is 2.96. The Labute approximate surface area is 142 Å². The minimum absolute atomic E-state index is 0.0302. The van der Waals surface area contributed by atoms with Crippen LogP contribution in [0.25, 0.3) is 0 Å². The third-order valence-electron chi connectivity index (χ3n) is 4.02. The van der Waals surface area contributed by atoms with Crippen LogP contribution in [0.1, 0.15) is 56.1 Å². The number of carboxylic acid groups (broad SMARTS) is 1. The zero-order chi connectivity index (χ0) is 17.7. The first-order valence-electron chi connectivity index (χ1n) is 8.39. The molecule has 0 bridgehead atoms. The second-order valence-electron chi connectivity index (χ2n) is 7.13. The normalized spacial score (nSPS) is 16.2. The highest BCUT2D eigenvalue weighted by Crippen LogP contribution is 2.21. The van der Waals surface area contributed by atoms with Crippen molar-refractivity contribution >= 4 is 11.9 Å². The maximum atomic E-state index is 12.4. The van der Waals surface area contributed by atoms with E-state index in [-0.39, 0.29) is 23.3 Å². The Morgan fingerprint density at radius 2 is 2.00 bits per heavy atom. The van der Waals surface area contributed by atoms with E-state index in [1.165, 1.54) is 6.20 Å². The van der Waals surface area contributed by atoms with Crippen LogP contribution in [0, 0.1) is 0 Å². The number of piperidine rings is 1. The largest absolute Gasteiger partial charge is 0.477 e. The molecule has 1 amide bonds. The van der Waals surface area contributed by atoms with Gasteiger partial charge in [-0.25, -0.2) is 9.78 Å². The molecule has 0 aromatic carbocycles. The van der Waals surface area contributed by atoms with Crippen molar-refractivity contribution in [2.75, 3.05) is 13.1 Å². The maximum absolute atomic E-state index is 12.4. The molecule has 2 rings (SSSR count). The van der Waals surface area contributed by atoms with Crippen molar-refractivity contribution < 1.29 is 19.4 Å². The number of likely N-dealkylation sites (tertiary alicyclic amines) is 1. The van der Waals surface area contributed by atoms with E-state index in [0.29, 0.717) is 31.5 Å². The van der Waals surface area contributed by atoms with Crippen LogP contribution in [0.5, 0.6) is 0 Å². The predicted molar refractivity (Wildman–Crippen MR) is 90.0 cm³/mol. The minimum atomic E-state index is -1.06. The van der Waals surface area contributed by atoms with Gasteiger partial charge in [-0.2, -0.15) is 0 Å². The number of carbonyl (C=O) groups excluding carboxylic acids is 1. The Hall–Kier alpha value is -1.95. The zero-order valence-corrected chi connectivity index (χ0v) is 14.6. The summed E-state index contributed by atoms with van der Waals surface area (Å²) in [6.07, 6.45) is 4.04. The molecule has 1 fully saturated rings. The lowest BCUT2D eigenvalue weighted by molar-refractivity contribution is -0.136. The molecule has 2 heterocycles. The van der Waals surface area contributed by atoms with Gasteiger partial charge in [0.25, 0.3) is 0 Å². The summed E-state index contributed by atoms with van der Waals surface area (Å²) in [5, 5.41) is 9.13. The van der Waals surface area contributed by atoms with Gasteiger partial charge in [0.1, 0.15) is 0 Å². The summed E-state index contributed by atoms with van der Waals surface area (Å²) in [4.78, 5) is 29.2. The van der Waals surface area contributed by atoms with Gasteiger partial charge in [-0.05, 0) is 51.7 Å². The summed E-state index contributed by atoms with van der Waals surface area (Å²) in [5.41, 5.74) is 0.469. The molecular formula is C18H26N2O4. The van der Waals surface area contributed by atoms with E-state index in [2.05, 4.69) is 4.98 Å². The molecule has 1 saturated heterocycles. The van der Waals surface area contributed by atoms with Crippen molar-refractivity contribution in [1.82, 2.24) is 9.88 Å². The van der Waals surface area contributed by atoms with Gasteiger partial charge in [0.2, 0.25) is 5.91 Å². The molecule has 0 saturated carbocycles. The van der Waals surface area contributed by atoms with Crippen LogP contribution >= 0.6 is 0 Å². The van der Waals surface area contributed by atoms with Crippen molar-refractivity contribution in [3.8, 4) is 0 Å². The third kappa shape index (κ3) is 5.30. The lowest BCUT2D eigenvalue weighted by Crippen LogP contribution is -2.42. The van der Waals surface area contributed by atoms with Gasteiger partial charge in [-0.1, -0.05) is 6.07 Å². The van der Waals surface area contributed by atoms with Crippen molar-refractivity contribution in [3.05, 3.63) is 29.6 Å². The molecule has 132 valence electrons. The summed E-state index contributed by atoms with van der Waals surface area (Å²) in [6.45, 7) is 7.51. The first-order chi connectivity index (χ1) is 11.3. The van der Waals surface area contributed by atoms with E-state index in [9.17, 15) is 9.59 Å². The van der Waals surface area contributed by atoms with E-state index < -0.39 is 5.97 Å². The van der Waals surface area contributed by atoms with Crippen LogP contribution in [-0.4, -0.2) is 51.7 Å². The molecule has 0 unspecified atom stereocenters. The average molecular weight is 334 g/mol. The Balaban J connectivity index is 1.83. The van der Waals surface area contributed by atoms with Crippen molar-refractivity contribution in [2.24, 2.45) is 0 Å². The lowest BCUT2D eigenvalue weighted by Gasteiger charge is -2.35. The van der Waals surface area contributed by atoms with E-state index in [4.69, 9.17) is 9.84 Å². The van der Waals surface area contributed by atoms with Crippen molar-refractivity contribution in [2.45, 2.75) is 58.2 Å². The van der Waals surface area contributed by atoms with Gasteiger partial charge in [0, 0.05) is 25.7 Å². The molecule has 1 aliphatic heterocycles. The van der Waals surface area contributed by atoms with Crippen LogP contribution in [0.4, 0.5) is 0 Å². The topological polar surface area (TPSA) is 79.7 Å².